The lowest BCUT2D eigenvalue weighted by atomic mass is 9.46. The van der Waals surface area contributed by atoms with Crippen LogP contribution in [-0.2, 0) is 0 Å². The summed E-state index contributed by atoms with van der Waals surface area (Å²) < 4.78 is 0. The molecule has 0 aromatic heterocycles. The number of aliphatic hydroxyl groups excluding tert-OH is 1. The summed E-state index contributed by atoms with van der Waals surface area (Å²) in [5.41, 5.74) is 6.29. The maximum absolute atomic E-state index is 9.40. The fourth-order valence-electron chi connectivity index (χ4n) is 5.62. The number of nitrogens with two attached hydrogens (primary N) is 1. The molecular weight excluding hydrogens is 210 g/mol. The summed E-state index contributed by atoms with van der Waals surface area (Å²) in [5, 5.41) is 9.40. The lowest BCUT2D eigenvalue weighted by molar-refractivity contribution is -0.0970. The van der Waals surface area contributed by atoms with Crippen LogP contribution in [-0.4, -0.2) is 17.8 Å². The third-order valence-electron chi connectivity index (χ3n) is 6.24. The number of aliphatic hydroxyl groups is 1. The van der Waals surface area contributed by atoms with E-state index < -0.39 is 0 Å². The van der Waals surface area contributed by atoms with Gasteiger partial charge in [0.05, 0.1) is 6.61 Å². The minimum atomic E-state index is -0.0509. The smallest absolute Gasteiger partial charge is 0.0587 e. The Morgan fingerprint density at radius 1 is 1.06 bits per heavy atom. The summed E-state index contributed by atoms with van der Waals surface area (Å²) in [6, 6.07) is -0.0509. The van der Waals surface area contributed by atoms with Crippen LogP contribution in [0.5, 0.6) is 0 Å². The molecule has 4 bridgehead atoms. The molecule has 0 aromatic carbocycles. The predicted octanol–water partition coefficient (Wildman–Crippen LogP) is 2.40. The van der Waals surface area contributed by atoms with Gasteiger partial charge in [0.15, 0.2) is 0 Å². The number of hydrogen-bond donors (Lipinski definition) is 2. The van der Waals surface area contributed by atoms with Gasteiger partial charge in [-0.2, -0.15) is 0 Å². The van der Waals surface area contributed by atoms with Crippen LogP contribution >= 0.6 is 0 Å². The van der Waals surface area contributed by atoms with Gasteiger partial charge < -0.3 is 10.8 Å². The van der Waals surface area contributed by atoms with Crippen molar-refractivity contribution in [3.63, 3.8) is 0 Å². The van der Waals surface area contributed by atoms with Crippen molar-refractivity contribution in [3.05, 3.63) is 0 Å². The molecular formula is C15H27NO. The van der Waals surface area contributed by atoms with Crippen LogP contribution in [0, 0.1) is 35.0 Å². The topological polar surface area (TPSA) is 46.2 Å². The molecule has 0 saturated heterocycles. The Hall–Kier alpha value is -0.0800. The van der Waals surface area contributed by atoms with Gasteiger partial charge in [0.25, 0.3) is 0 Å². The van der Waals surface area contributed by atoms with Crippen molar-refractivity contribution in [2.24, 2.45) is 40.7 Å². The Labute approximate surface area is 105 Å². The Morgan fingerprint density at radius 2 is 1.53 bits per heavy atom. The van der Waals surface area contributed by atoms with E-state index >= 15 is 0 Å². The van der Waals surface area contributed by atoms with Gasteiger partial charge in [-0.25, -0.2) is 0 Å². The minimum Gasteiger partial charge on any atom is -0.395 e. The van der Waals surface area contributed by atoms with E-state index in [2.05, 4.69) is 13.8 Å². The summed E-state index contributed by atoms with van der Waals surface area (Å²) >= 11 is 0. The number of hydrogen-bond acceptors (Lipinski definition) is 2. The van der Waals surface area contributed by atoms with Crippen molar-refractivity contribution >= 4 is 0 Å². The summed E-state index contributed by atoms with van der Waals surface area (Å²) in [7, 11) is 0. The van der Waals surface area contributed by atoms with Gasteiger partial charge in [0.2, 0.25) is 0 Å². The first-order valence-electron chi connectivity index (χ1n) is 7.38. The third-order valence-corrected chi connectivity index (χ3v) is 6.24. The zero-order valence-electron chi connectivity index (χ0n) is 11.2. The molecule has 4 aliphatic carbocycles. The quantitative estimate of drug-likeness (QED) is 0.792. The SMILES string of the molecule is CC(C)(C(N)CO)C1C2CC3CC(C2)CC1C3. The molecule has 2 heteroatoms. The monoisotopic (exact) mass is 237 g/mol. The first kappa shape index (κ1) is 12.0. The van der Waals surface area contributed by atoms with E-state index in [1.807, 2.05) is 0 Å². The Balaban J connectivity index is 1.84. The third kappa shape index (κ3) is 1.76. The summed E-state index contributed by atoms with van der Waals surface area (Å²) in [6.07, 6.45) is 7.28. The molecule has 1 atom stereocenters. The summed E-state index contributed by atoms with van der Waals surface area (Å²) in [6.45, 7) is 4.72. The lowest BCUT2D eigenvalue weighted by Crippen LogP contribution is -2.56. The maximum Gasteiger partial charge on any atom is 0.0587 e. The van der Waals surface area contributed by atoms with Crippen molar-refractivity contribution in [1.82, 2.24) is 0 Å². The molecule has 17 heavy (non-hydrogen) atoms. The van der Waals surface area contributed by atoms with Gasteiger partial charge in [0, 0.05) is 6.04 Å². The van der Waals surface area contributed by atoms with Crippen molar-refractivity contribution in [3.8, 4) is 0 Å². The average molecular weight is 237 g/mol. The molecule has 3 N–H and O–H groups in total. The zero-order chi connectivity index (χ0) is 12.2. The van der Waals surface area contributed by atoms with Crippen LogP contribution in [0.25, 0.3) is 0 Å². The van der Waals surface area contributed by atoms with Crippen LogP contribution in [0.4, 0.5) is 0 Å². The average Bonchev–Trinajstić information content (AvgIpc) is 2.25. The molecule has 98 valence electrons. The molecule has 4 fully saturated rings. The number of rotatable bonds is 3. The van der Waals surface area contributed by atoms with E-state index in [1.54, 1.807) is 0 Å². The van der Waals surface area contributed by atoms with Crippen molar-refractivity contribution in [2.75, 3.05) is 6.61 Å². The second kappa shape index (κ2) is 3.96. The summed E-state index contributed by atoms with van der Waals surface area (Å²) in [4.78, 5) is 0. The first-order chi connectivity index (χ1) is 8.02. The maximum atomic E-state index is 9.40. The van der Waals surface area contributed by atoms with Crippen molar-refractivity contribution < 1.29 is 5.11 Å². The molecule has 0 aliphatic heterocycles. The van der Waals surface area contributed by atoms with Crippen molar-refractivity contribution in [1.29, 1.82) is 0 Å². The predicted molar refractivity (Wildman–Crippen MR) is 69.4 cm³/mol. The van der Waals surface area contributed by atoms with E-state index in [4.69, 9.17) is 5.73 Å². The second-order valence-corrected chi connectivity index (χ2v) is 7.57. The first-order valence-corrected chi connectivity index (χ1v) is 7.38. The second-order valence-electron chi connectivity index (χ2n) is 7.57. The van der Waals surface area contributed by atoms with Gasteiger partial charge in [0.1, 0.15) is 0 Å². The Morgan fingerprint density at radius 3 is 1.94 bits per heavy atom. The molecule has 0 radical (unpaired) electrons. The Bertz CT molecular complexity index is 271. The largest absolute Gasteiger partial charge is 0.395 e. The fourth-order valence-corrected chi connectivity index (χ4v) is 5.62. The van der Waals surface area contributed by atoms with E-state index in [-0.39, 0.29) is 18.1 Å². The standard InChI is InChI=1S/C15H27NO/c1-15(2,13(16)8-17)14-11-4-9-3-10(6-11)7-12(14)5-9/h9-14,17H,3-8,16H2,1-2H3. The highest BCUT2D eigenvalue weighted by atomic mass is 16.3. The molecule has 4 aliphatic rings. The van der Waals surface area contributed by atoms with Gasteiger partial charge in [-0.1, -0.05) is 13.8 Å². The molecule has 0 aromatic rings. The van der Waals surface area contributed by atoms with Crippen LogP contribution < -0.4 is 5.73 Å². The molecule has 0 spiro atoms. The highest BCUT2D eigenvalue weighted by Gasteiger charge is 2.53. The van der Waals surface area contributed by atoms with Crippen LogP contribution in [0.1, 0.15) is 46.0 Å². The van der Waals surface area contributed by atoms with Gasteiger partial charge in [-0.3, -0.25) is 0 Å². The Kier molecular flexibility index (Phi) is 2.79. The highest BCUT2D eigenvalue weighted by Crippen LogP contribution is 2.61. The molecule has 1 unspecified atom stereocenters. The molecule has 4 saturated carbocycles. The minimum absolute atomic E-state index is 0.0509. The van der Waals surface area contributed by atoms with E-state index in [1.165, 1.54) is 32.1 Å². The molecule has 4 rings (SSSR count). The molecule has 2 nitrogen and oxygen atoms in total. The summed E-state index contributed by atoms with van der Waals surface area (Å²) in [5.74, 6) is 4.61. The van der Waals surface area contributed by atoms with Crippen molar-refractivity contribution in [2.45, 2.75) is 52.0 Å². The van der Waals surface area contributed by atoms with Gasteiger partial charge in [-0.15, -0.1) is 0 Å². The molecule has 0 amide bonds. The van der Waals surface area contributed by atoms with E-state index in [0.29, 0.717) is 0 Å². The zero-order valence-corrected chi connectivity index (χ0v) is 11.2. The van der Waals surface area contributed by atoms with Gasteiger partial charge >= 0.3 is 0 Å². The van der Waals surface area contributed by atoms with E-state index in [0.717, 1.165) is 29.6 Å². The van der Waals surface area contributed by atoms with Crippen LogP contribution in [0.2, 0.25) is 0 Å². The van der Waals surface area contributed by atoms with Crippen LogP contribution in [0.3, 0.4) is 0 Å². The van der Waals surface area contributed by atoms with E-state index in [9.17, 15) is 5.11 Å². The molecule has 0 heterocycles. The van der Waals surface area contributed by atoms with Gasteiger partial charge in [-0.05, 0) is 67.1 Å². The van der Waals surface area contributed by atoms with Crippen LogP contribution in [0.15, 0.2) is 0 Å². The lowest BCUT2D eigenvalue weighted by Gasteiger charge is -2.59. The highest BCUT2D eigenvalue weighted by molar-refractivity contribution is 5.04. The fraction of sp³-hybridized carbons (Fsp3) is 1.00. The normalized spacial score (nSPS) is 46.2.